The zero-order chi connectivity index (χ0) is 16.6. The average Bonchev–Trinajstić information content (AvgIpc) is 2.44. The molecule has 0 saturated carbocycles. The van der Waals surface area contributed by atoms with Gasteiger partial charge in [-0.3, -0.25) is 0 Å². The van der Waals surface area contributed by atoms with Crippen molar-refractivity contribution in [1.82, 2.24) is 10.2 Å². The summed E-state index contributed by atoms with van der Waals surface area (Å²) in [5.74, 6) is 0. The summed E-state index contributed by atoms with van der Waals surface area (Å²) in [4.78, 5) is 13.4. The number of amides is 1. The van der Waals surface area contributed by atoms with Crippen LogP contribution in [0.3, 0.4) is 0 Å². The Hall–Kier alpha value is -1.55. The van der Waals surface area contributed by atoms with E-state index in [0.29, 0.717) is 12.6 Å². The number of hydrogen-bond donors (Lipinski definition) is 1. The Morgan fingerprint density at radius 1 is 1.27 bits per heavy atom. The fraction of sp³-hybridized carbons (Fsp3) is 0.611. The number of ether oxygens (including phenoxy) is 1. The van der Waals surface area contributed by atoms with Crippen molar-refractivity contribution in [3.05, 3.63) is 35.9 Å². The summed E-state index contributed by atoms with van der Waals surface area (Å²) in [6.07, 6.45) is 1.88. The fourth-order valence-corrected chi connectivity index (χ4v) is 2.04. The molecule has 124 valence electrons. The maximum atomic E-state index is 11.8. The first-order chi connectivity index (χ1) is 10.3. The molecule has 1 atom stereocenters. The molecule has 0 aliphatic carbocycles. The van der Waals surface area contributed by atoms with Crippen molar-refractivity contribution in [3.63, 3.8) is 0 Å². The summed E-state index contributed by atoms with van der Waals surface area (Å²) in [7, 11) is 1.77. The molecule has 1 rings (SSSR count). The Balaban J connectivity index is 2.19. The van der Waals surface area contributed by atoms with Gasteiger partial charge < -0.3 is 15.0 Å². The first-order valence-corrected chi connectivity index (χ1v) is 7.99. The smallest absolute Gasteiger partial charge is 0.410 e. The summed E-state index contributed by atoms with van der Waals surface area (Å²) >= 11 is 0. The normalized spacial score (nSPS) is 12.8. The highest BCUT2D eigenvalue weighted by atomic mass is 16.6. The minimum absolute atomic E-state index is 0.272. The van der Waals surface area contributed by atoms with Crippen LogP contribution in [-0.2, 0) is 11.2 Å². The quantitative estimate of drug-likeness (QED) is 0.838. The van der Waals surface area contributed by atoms with Gasteiger partial charge in [0.25, 0.3) is 0 Å². The predicted octanol–water partition coefficient (Wildman–Crippen LogP) is 3.46. The van der Waals surface area contributed by atoms with Crippen LogP contribution in [0.15, 0.2) is 30.3 Å². The number of rotatable bonds is 7. The van der Waals surface area contributed by atoms with E-state index in [-0.39, 0.29) is 6.09 Å². The number of carbonyl (C=O) groups excluding carboxylic acids is 1. The monoisotopic (exact) mass is 306 g/mol. The third kappa shape index (κ3) is 8.03. The van der Waals surface area contributed by atoms with Crippen molar-refractivity contribution in [1.29, 1.82) is 0 Å². The van der Waals surface area contributed by atoms with Gasteiger partial charge >= 0.3 is 6.09 Å². The van der Waals surface area contributed by atoms with Crippen molar-refractivity contribution < 1.29 is 9.53 Å². The molecule has 0 aliphatic rings. The molecule has 4 heteroatoms. The van der Waals surface area contributed by atoms with Crippen LogP contribution in [0.5, 0.6) is 0 Å². The van der Waals surface area contributed by atoms with Gasteiger partial charge in [-0.25, -0.2) is 4.79 Å². The fourth-order valence-electron chi connectivity index (χ4n) is 2.04. The standard InChI is InChI=1S/C18H30N2O2/c1-15(11-12-16-9-7-6-8-10-16)19-13-14-20(5)17(21)22-18(2,3)4/h6-10,15,19H,11-14H2,1-5H3. The van der Waals surface area contributed by atoms with E-state index in [1.807, 2.05) is 26.8 Å². The van der Waals surface area contributed by atoms with Crippen LogP contribution in [0.2, 0.25) is 0 Å². The Labute approximate surface area is 134 Å². The van der Waals surface area contributed by atoms with E-state index < -0.39 is 5.60 Å². The summed E-state index contributed by atoms with van der Waals surface area (Å²) in [5, 5.41) is 3.45. The molecule has 0 aliphatic heterocycles. The van der Waals surface area contributed by atoms with Crippen molar-refractivity contribution in [2.24, 2.45) is 0 Å². The zero-order valence-electron chi connectivity index (χ0n) is 14.6. The molecule has 1 aromatic carbocycles. The van der Waals surface area contributed by atoms with E-state index in [4.69, 9.17) is 4.74 Å². The van der Waals surface area contributed by atoms with Gasteiger partial charge in [0, 0.05) is 26.2 Å². The molecule has 1 aromatic rings. The number of likely N-dealkylation sites (N-methyl/N-ethyl adjacent to an activating group) is 1. The van der Waals surface area contributed by atoms with Gasteiger partial charge in [0.15, 0.2) is 0 Å². The highest BCUT2D eigenvalue weighted by molar-refractivity contribution is 5.67. The minimum atomic E-state index is -0.443. The molecule has 0 aromatic heterocycles. The second kappa shape index (κ2) is 8.79. The van der Waals surface area contributed by atoms with E-state index in [0.717, 1.165) is 19.4 Å². The Morgan fingerprint density at radius 2 is 1.91 bits per heavy atom. The Kier molecular flexibility index (Phi) is 7.39. The summed E-state index contributed by atoms with van der Waals surface area (Å²) < 4.78 is 5.32. The van der Waals surface area contributed by atoms with Crippen molar-refractivity contribution in [2.45, 2.75) is 52.2 Å². The van der Waals surface area contributed by atoms with E-state index in [9.17, 15) is 4.79 Å². The van der Waals surface area contributed by atoms with Gasteiger partial charge in [-0.2, -0.15) is 0 Å². The van der Waals surface area contributed by atoms with Gasteiger partial charge in [-0.05, 0) is 46.1 Å². The summed E-state index contributed by atoms with van der Waals surface area (Å²) in [6.45, 7) is 9.22. The molecule has 4 nitrogen and oxygen atoms in total. The van der Waals surface area contributed by atoms with E-state index in [1.54, 1.807) is 11.9 Å². The maximum absolute atomic E-state index is 11.8. The third-order valence-corrected chi connectivity index (χ3v) is 3.35. The first kappa shape index (κ1) is 18.5. The SMILES string of the molecule is CC(CCc1ccccc1)NCCN(C)C(=O)OC(C)(C)C. The number of benzene rings is 1. The number of nitrogens with zero attached hydrogens (tertiary/aromatic N) is 1. The van der Waals surface area contributed by atoms with Crippen molar-refractivity contribution >= 4 is 6.09 Å². The Bertz CT molecular complexity index is 440. The first-order valence-electron chi connectivity index (χ1n) is 7.99. The molecule has 0 bridgehead atoms. The zero-order valence-corrected chi connectivity index (χ0v) is 14.6. The molecule has 0 fully saturated rings. The lowest BCUT2D eigenvalue weighted by molar-refractivity contribution is 0.0299. The average molecular weight is 306 g/mol. The molecule has 1 N–H and O–H groups in total. The van der Waals surface area contributed by atoms with Crippen LogP contribution in [0.1, 0.15) is 39.7 Å². The molecule has 1 amide bonds. The van der Waals surface area contributed by atoms with Crippen molar-refractivity contribution in [2.75, 3.05) is 20.1 Å². The second-order valence-corrected chi connectivity index (χ2v) is 6.78. The highest BCUT2D eigenvalue weighted by Gasteiger charge is 2.19. The van der Waals surface area contributed by atoms with E-state index in [1.165, 1.54) is 5.56 Å². The van der Waals surface area contributed by atoms with Gasteiger partial charge in [0.05, 0.1) is 0 Å². The molecule has 0 spiro atoms. The Morgan fingerprint density at radius 3 is 2.50 bits per heavy atom. The summed E-state index contributed by atoms with van der Waals surface area (Å²) in [6, 6.07) is 10.9. The molecule has 1 unspecified atom stereocenters. The number of hydrogen-bond acceptors (Lipinski definition) is 3. The topological polar surface area (TPSA) is 41.6 Å². The molecule has 0 radical (unpaired) electrons. The summed E-state index contributed by atoms with van der Waals surface area (Å²) in [5.41, 5.74) is 0.920. The van der Waals surface area contributed by atoms with Crippen LogP contribution in [-0.4, -0.2) is 42.8 Å². The van der Waals surface area contributed by atoms with Crippen LogP contribution in [0.4, 0.5) is 4.79 Å². The molecular formula is C18H30N2O2. The van der Waals surface area contributed by atoms with Gasteiger partial charge in [0.1, 0.15) is 5.60 Å². The maximum Gasteiger partial charge on any atom is 0.410 e. The predicted molar refractivity (Wildman–Crippen MR) is 91.1 cm³/mol. The lowest BCUT2D eigenvalue weighted by Gasteiger charge is -2.25. The molecule has 22 heavy (non-hydrogen) atoms. The largest absolute Gasteiger partial charge is 0.444 e. The van der Waals surface area contributed by atoms with E-state index in [2.05, 4.69) is 36.5 Å². The molecule has 0 saturated heterocycles. The number of aryl methyl sites for hydroxylation is 1. The number of nitrogens with one attached hydrogen (secondary N) is 1. The van der Waals surface area contributed by atoms with Crippen LogP contribution >= 0.6 is 0 Å². The van der Waals surface area contributed by atoms with Gasteiger partial charge in [-0.15, -0.1) is 0 Å². The van der Waals surface area contributed by atoms with Crippen LogP contribution in [0.25, 0.3) is 0 Å². The molecular weight excluding hydrogens is 276 g/mol. The third-order valence-electron chi connectivity index (χ3n) is 3.35. The highest BCUT2D eigenvalue weighted by Crippen LogP contribution is 2.09. The second-order valence-electron chi connectivity index (χ2n) is 6.78. The lowest BCUT2D eigenvalue weighted by Crippen LogP contribution is -2.39. The lowest BCUT2D eigenvalue weighted by atomic mass is 10.1. The van der Waals surface area contributed by atoms with Gasteiger partial charge in [0.2, 0.25) is 0 Å². The van der Waals surface area contributed by atoms with Gasteiger partial charge in [-0.1, -0.05) is 30.3 Å². The minimum Gasteiger partial charge on any atom is -0.444 e. The molecule has 0 heterocycles. The number of carbonyl (C=O) groups is 1. The van der Waals surface area contributed by atoms with Crippen molar-refractivity contribution in [3.8, 4) is 0 Å². The van der Waals surface area contributed by atoms with Crippen LogP contribution < -0.4 is 5.32 Å². The van der Waals surface area contributed by atoms with Crippen LogP contribution in [0, 0.1) is 0 Å². The van der Waals surface area contributed by atoms with E-state index >= 15 is 0 Å².